The van der Waals surface area contributed by atoms with Crippen molar-refractivity contribution in [1.29, 1.82) is 0 Å². The zero-order chi connectivity index (χ0) is 40.5. The molecule has 6 atom stereocenters. The zero-order valence-corrected chi connectivity index (χ0v) is 32.8. The highest BCUT2D eigenvalue weighted by atomic mass is 32.2. The third kappa shape index (κ3) is 11.2. The molecular weight excluding hydrogens is 767 g/mol. The number of benzene rings is 3. The lowest BCUT2D eigenvalue weighted by atomic mass is 10.0. The molecule has 2 fully saturated rings. The SMILES string of the molecule is CC(C)CN(C[C@@H](O)[C@H](Cc1ccc(OCCCOC(=O)Oc2ccc([NH+](C)[O-])cc2)cc1)NC(=O)O[C@H]1CO[C@H]2OCCC21)S(=O)(=O)c1ccc2c(c1)OCO2. The van der Waals surface area contributed by atoms with Gasteiger partial charge in [0.25, 0.3) is 0 Å². The highest BCUT2D eigenvalue weighted by Gasteiger charge is 2.44. The molecule has 3 aromatic rings. The zero-order valence-electron chi connectivity index (χ0n) is 32.0. The molecule has 3 aromatic carbocycles. The summed E-state index contributed by atoms with van der Waals surface area (Å²) in [6, 6.07) is 16.5. The number of ether oxygens (including phenoxy) is 8. The number of nitrogens with zero attached hydrogens (tertiary/aromatic N) is 1. The molecule has 0 spiro atoms. The summed E-state index contributed by atoms with van der Waals surface area (Å²) in [6.45, 7) is 4.46. The summed E-state index contributed by atoms with van der Waals surface area (Å²) in [4.78, 5) is 25.3. The number of carbonyl (C=O) groups is 2. The van der Waals surface area contributed by atoms with Crippen LogP contribution in [0.15, 0.2) is 71.6 Å². The summed E-state index contributed by atoms with van der Waals surface area (Å²) >= 11 is 0. The molecule has 2 saturated heterocycles. The summed E-state index contributed by atoms with van der Waals surface area (Å²) in [6.07, 6.45) is -2.78. The molecule has 1 amide bonds. The van der Waals surface area contributed by atoms with E-state index in [0.717, 1.165) is 5.56 Å². The maximum Gasteiger partial charge on any atom is 0.513 e. The Morgan fingerprint density at radius 3 is 2.46 bits per heavy atom. The van der Waals surface area contributed by atoms with E-state index in [9.17, 15) is 28.3 Å². The third-order valence-electron chi connectivity index (χ3n) is 9.57. The molecule has 0 aromatic heterocycles. The highest BCUT2D eigenvalue weighted by Crippen LogP contribution is 2.35. The van der Waals surface area contributed by atoms with E-state index in [4.69, 9.17) is 37.9 Å². The standard InChI is InChI=1S/C39H49N3O14S/c1-25(2)21-42(57(47,48)30-13-14-34-35(20-30)54-24-53-34)22-33(43)32(40-38(44)56-36-23-52-37-31(36)15-18-50-37)19-26-5-9-28(10-6-26)49-16-4-17-51-39(45)55-29-11-7-27(8-12-29)41(3)46/h5-14,20,25,31-33,36-37,41,43H,4,15-19,21-24H2,1-3H3,(H,40,44)/t31?,32-,33+,36-,37+/m0/s1. The number of rotatable bonds is 18. The van der Waals surface area contributed by atoms with Crippen LogP contribution in [0.4, 0.5) is 15.3 Å². The van der Waals surface area contributed by atoms with Crippen LogP contribution >= 0.6 is 0 Å². The van der Waals surface area contributed by atoms with Crippen LogP contribution in [0.25, 0.3) is 0 Å². The summed E-state index contributed by atoms with van der Waals surface area (Å²) in [7, 11) is -2.67. The number of hydrogen-bond acceptors (Lipinski definition) is 14. The molecule has 2 unspecified atom stereocenters. The van der Waals surface area contributed by atoms with Crippen molar-refractivity contribution in [2.45, 2.75) is 62.5 Å². The van der Waals surface area contributed by atoms with Crippen LogP contribution in [-0.2, 0) is 35.4 Å². The number of alkyl carbamates (subject to hydrolysis) is 1. The van der Waals surface area contributed by atoms with Crippen molar-refractivity contribution in [2.24, 2.45) is 11.8 Å². The molecule has 3 N–H and O–H groups in total. The van der Waals surface area contributed by atoms with E-state index in [1.54, 1.807) is 36.4 Å². The number of quaternary nitrogens is 1. The van der Waals surface area contributed by atoms with E-state index in [1.807, 2.05) is 13.8 Å². The minimum absolute atomic E-state index is 0.0136. The second-order valence-corrected chi connectivity index (χ2v) is 16.3. The second kappa shape index (κ2) is 19.2. The largest absolute Gasteiger partial charge is 0.629 e. The minimum Gasteiger partial charge on any atom is -0.629 e. The number of amides is 1. The highest BCUT2D eigenvalue weighted by molar-refractivity contribution is 7.89. The fourth-order valence-corrected chi connectivity index (χ4v) is 8.25. The maximum atomic E-state index is 14.0. The van der Waals surface area contributed by atoms with E-state index >= 15 is 0 Å². The molecule has 17 nitrogen and oxygen atoms in total. The molecule has 3 aliphatic rings. The summed E-state index contributed by atoms with van der Waals surface area (Å²) in [5, 5.41) is 25.8. The van der Waals surface area contributed by atoms with E-state index < -0.39 is 46.8 Å². The number of aliphatic hydroxyl groups is 1. The number of fused-ring (bicyclic) bond motifs is 2. The van der Waals surface area contributed by atoms with Crippen molar-refractivity contribution in [3.63, 3.8) is 0 Å². The van der Waals surface area contributed by atoms with Gasteiger partial charge in [0.15, 0.2) is 17.8 Å². The Bertz CT molecular complexity index is 1910. The average molecular weight is 816 g/mol. The van der Waals surface area contributed by atoms with E-state index in [1.165, 1.54) is 41.7 Å². The van der Waals surface area contributed by atoms with Gasteiger partial charge >= 0.3 is 12.2 Å². The lowest BCUT2D eigenvalue weighted by Gasteiger charge is -2.31. The van der Waals surface area contributed by atoms with E-state index in [0.29, 0.717) is 42.4 Å². The van der Waals surface area contributed by atoms with Crippen molar-refractivity contribution in [3.8, 4) is 23.0 Å². The monoisotopic (exact) mass is 815 g/mol. The molecule has 0 radical (unpaired) electrons. The van der Waals surface area contributed by atoms with Crippen LogP contribution in [0.5, 0.6) is 23.0 Å². The lowest BCUT2D eigenvalue weighted by molar-refractivity contribution is -0.751. The number of hydroxylamine groups is 1. The van der Waals surface area contributed by atoms with Crippen molar-refractivity contribution < 1.29 is 66.1 Å². The van der Waals surface area contributed by atoms with E-state index in [-0.39, 0.29) is 73.7 Å². The van der Waals surface area contributed by atoms with Gasteiger partial charge in [0.1, 0.15) is 23.3 Å². The van der Waals surface area contributed by atoms with Crippen molar-refractivity contribution >= 4 is 28.0 Å². The molecule has 0 aliphatic carbocycles. The summed E-state index contributed by atoms with van der Waals surface area (Å²) in [5.41, 5.74) is 1.22. The normalized spacial score (nSPS) is 20.2. The van der Waals surface area contributed by atoms with Gasteiger partial charge in [-0.25, -0.2) is 18.0 Å². The Hall–Kier alpha value is -4.69. The van der Waals surface area contributed by atoms with Gasteiger partial charge in [-0.3, -0.25) is 0 Å². The fraction of sp³-hybridized carbons (Fsp3) is 0.487. The lowest BCUT2D eigenvalue weighted by Crippen LogP contribution is -2.98. The molecule has 57 heavy (non-hydrogen) atoms. The summed E-state index contributed by atoms with van der Waals surface area (Å²) < 4.78 is 72.8. The Kier molecular flexibility index (Phi) is 14.1. The van der Waals surface area contributed by atoms with Crippen LogP contribution in [-0.4, -0.2) is 108 Å². The van der Waals surface area contributed by atoms with Gasteiger partial charge in [-0.05, 0) is 60.7 Å². The molecular formula is C39H49N3O14S. The second-order valence-electron chi connectivity index (χ2n) is 14.3. The maximum absolute atomic E-state index is 14.0. The molecule has 3 aliphatic heterocycles. The predicted molar refractivity (Wildman–Crippen MR) is 202 cm³/mol. The number of nitrogens with one attached hydrogen (secondary N) is 2. The Morgan fingerprint density at radius 1 is 0.982 bits per heavy atom. The summed E-state index contributed by atoms with van der Waals surface area (Å²) in [5.74, 6) is 1.34. The van der Waals surface area contributed by atoms with Gasteiger partial charge in [-0.1, -0.05) is 26.0 Å². The van der Waals surface area contributed by atoms with Crippen molar-refractivity contribution in [1.82, 2.24) is 9.62 Å². The number of carbonyl (C=O) groups excluding carboxylic acids is 2. The third-order valence-corrected chi connectivity index (χ3v) is 11.4. The van der Waals surface area contributed by atoms with Crippen LogP contribution < -0.4 is 29.3 Å². The molecule has 0 saturated carbocycles. The Labute approximate surface area is 331 Å². The minimum atomic E-state index is -4.12. The quantitative estimate of drug-likeness (QED) is 0.0731. The first-order chi connectivity index (χ1) is 27.3. The first-order valence-electron chi connectivity index (χ1n) is 18.8. The van der Waals surface area contributed by atoms with Crippen LogP contribution in [0.3, 0.4) is 0 Å². The number of sulfonamides is 1. The van der Waals surface area contributed by atoms with Crippen molar-refractivity contribution in [3.05, 3.63) is 77.5 Å². The van der Waals surface area contributed by atoms with Gasteiger partial charge in [0, 0.05) is 37.7 Å². The van der Waals surface area contributed by atoms with Gasteiger partial charge in [0.2, 0.25) is 16.8 Å². The smallest absolute Gasteiger partial charge is 0.513 e. The van der Waals surface area contributed by atoms with Gasteiger partial charge < -0.3 is 58.6 Å². The van der Waals surface area contributed by atoms with Crippen LogP contribution in [0.2, 0.25) is 0 Å². The topological polar surface area (TPSA) is 205 Å². The molecule has 0 bridgehead atoms. The Balaban J connectivity index is 1.06. The van der Waals surface area contributed by atoms with Gasteiger partial charge in [-0.15, -0.1) is 0 Å². The fourth-order valence-electron chi connectivity index (χ4n) is 6.62. The molecule has 6 rings (SSSR count). The number of aliphatic hydroxyl groups excluding tert-OH is 1. The van der Waals surface area contributed by atoms with Crippen LogP contribution in [0, 0.1) is 17.0 Å². The van der Waals surface area contributed by atoms with Crippen LogP contribution in [0.1, 0.15) is 32.3 Å². The first-order valence-corrected chi connectivity index (χ1v) is 20.3. The molecule has 3 heterocycles. The van der Waals surface area contributed by atoms with Gasteiger partial charge in [0.05, 0.1) is 56.4 Å². The molecule has 18 heteroatoms. The van der Waals surface area contributed by atoms with Crippen molar-refractivity contribution in [2.75, 3.05) is 53.4 Å². The Morgan fingerprint density at radius 2 is 1.72 bits per heavy atom. The first kappa shape index (κ1) is 41.9. The molecule has 310 valence electrons. The number of hydrogen-bond donors (Lipinski definition) is 3. The van der Waals surface area contributed by atoms with Gasteiger partial charge in [-0.2, -0.15) is 4.31 Å². The average Bonchev–Trinajstić information content (AvgIpc) is 3.94. The predicted octanol–water partition coefficient (Wildman–Crippen LogP) is 3.15. The van der Waals surface area contributed by atoms with E-state index in [2.05, 4.69) is 5.32 Å².